The number of aliphatic hydroxyl groups excluding tert-OH is 1. The van der Waals surface area contributed by atoms with Gasteiger partial charge in [0.1, 0.15) is 5.78 Å². The van der Waals surface area contributed by atoms with E-state index in [2.05, 4.69) is 25.8 Å². The Balaban J connectivity index is 1.77. The third-order valence-corrected chi connectivity index (χ3v) is 5.06. The van der Waals surface area contributed by atoms with Gasteiger partial charge in [-0.3, -0.25) is 4.79 Å². The van der Waals surface area contributed by atoms with Crippen LogP contribution in [0.4, 0.5) is 0 Å². The van der Waals surface area contributed by atoms with Gasteiger partial charge in [-0.15, -0.1) is 0 Å². The fraction of sp³-hybridized carbons (Fsp3) is 0.938. The smallest absolute Gasteiger partial charge is 0.137 e. The minimum absolute atomic E-state index is 0.0694. The van der Waals surface area contributed by atoms with Crippen molar-refractivity contribution in [3.8, 4) is 0 Å². The summed E-state index contributed by atoms with van der Waals surface area (Å²) in [5.41, 5.74) is 0. The first-order chi connectivity index (χ1) is 8.95. The maximum atomic E-state index is 12.1. The van der Waals surface area contributed by atoms with Crippen molar-refractivity contribution in [2.75, 3.05) is 20.1 Å². The molecule has 0 amide bonds. The minimum atomic E-state index is -0.0694. The second-order valence-electron chi connectivity index (χ2n) is 7.15. The first kappa shape index (κ1) is 15.0. The Morgan fingerprint density at radius 2 is 1.95 bits per heavy atom. The van der Waals surface area contributed by atoms with Crippen molar-refractivity contribution in [3.05, 3.63) is 0 Å². The Morgan fingerprint density at radius 3 is 2.53 bits per heavy atom. The summed E-state index contributed by atoms with van der Waals surface area (Å²) in [6, 6.07) is 0. The van der Waals surface area contributed by atoms with E-state index in [1.807, 2.05) is 0 Å². The lowest BCUT2D eigenvalue weighted by Gasteiger charge is -2.37. The van der Waals surface area contributed by atoms with Crippen molar-refractivity contribution in [2.24, 2.45) is 23.7 Å². The highest BCUT2D eigenvalue weighted by Crippen LogP contribution is 2.33. The van der Waals surface area contributed by atoms with E-state index in [9.17, 15) is 9.90 Å². The maximum absolute atomic E-state index is 12.1. The molecule has 110 valence electrons. The molecule has 2 unspecified atom stereocenters. The summed E-state index contributed by atoms with van der Waals surface area (Å²) in [5, 5.41) is 9.32. The Kier molecular flexibility index (Phi) is 5.02. The Bertz CT molecular complexity index is 310. The molecule has 0 aliphatic heterocycles. The highest BCUT2D eigenvalue weighted by atomic mass is 16.3. The average molecular weight is 267 g/mol. The van der Waals surface area contributed by atoms with Crippen LogP contribution in [0.5, 0.6) is 0 Å². The lowest BCUT2D eigenvalue weighted by atomic mass is 9.75. The van der Waals surface area contributed by atoms with Gasteiger partial charge in [0.2, 0.25) is 0 Å². The van der Waals surface area contributed by atoms with E-state index in [4.69, 9.17) is 0 Å². The van der Waals surface area contributed by atoms with Gasteiger partial charge in [-0.25, -0.2) is 0 Å². The van der Waals surface area contributed by atoms with Gasteiger partial charge in [0.15, 0.2) is 0 Å². The van der Waals surface area contributed by atoms with E-state index in [0.717, 1.165) is 51.1 Å². The predicted molar refractivity (Wildman–Crippen MR) is 76.9 cm³/mol. The summed E-state index contributed by atoms with van der Waals surface area (Å²) in [6.45, 7) is 6.50. The van der Waals surface area contributed by atoms with Gasteiger partial charge in [0.25, 0.3) is 0 Å². The van der Waals surface area contributed by atoms with Crippen molar-refractivity contribution in [1.82, 2.24) is 4.90 Å². The summed E-state index contributed by atoms with van der Waals surface area (Å²) in [4.78, 5) is 14.4. The molecular weight excluding hydrogens is 238 g/mol. The van der Waals surface area contributed by atoms with Crippen LogP contribution < -0.4 is 0 Å². The third kappa shape index (κ3) is 4.03. The van der Waals surface area contributed by atoms with E-state index in [1.54, 1.807) is 0 Å². The highest BCUT2D eigenvalue weighted by molar-refractivity contribution is 5.81. The van der Waals surface area contributed by atoms with E-state index >= 15 is 0 Å². The van der Waals surface area contributed by atoms with Crippen LogP contribution in [0.2, 0.25) is 0 Å². The van der Waals surface area contributed by atoms with Gasteiger partial charge < -0.3 is 10.0 Å². The molecule has 0 saturated heterocycles. The molecule has 0 radical (unpaired) electrons. The number of Topliss-reactive ketones (excluding diaryl/α,β-unsaturated/α-hetero) is 1. The molecule has 0 aromatic heterocycles. The van der Waals surface area contributed by atoms with E-state index < -0.39 is 0 Å². The monoisotopic (exact) mass is 267 g/mol. The number of hydrogen-bond donors (Lipinski definition) is 1. The van der Waals surface area contributed by atoms with Crippen LogP contribution in [-0.4, -0.2) is 42.0 Å². The molecule has 3 heteroatoms. The Hall–Kier alpha value is -0.410. The molecule has 0 heterocycles. The van der Waals surface area contributed by atoms with Gasteiger partial charge >= 0.3 is 0 Å². The molecule has 2 aliphatic rings. The number of rotatable bonds is 5. The summed E-state index contributed by atoms with van der Waals surface area (Å²) in [5.74, 6) is 2.78. The zero-order chi connectivity index (χ0) is 14.0. The molecule has 2 saturated carbocycles. The fourth-order valence-corrected chi connectivity index (χ4v) is 3.67. The van der Waals surface area contributed by atoms with Crippen molar-refractivity contribution >= 4 is 5.78 Å². The first-order valence-electron chi connectivity index (χ1n) is 7.85. The molecule has 2 rings (SSSR count). The van der Waals surface area contributed by atoms with Gasteiger partial charge in [0.05, 0.1) is 6.10 Å². The zero-order valence-electron chi connectivity index (χ0n) is 12.6. The van der Waals surface area contributed by atoms with Crippen LogP contribution in [-0.2, 0) is 4.79 Å². The second-order valence-corrected chi connectivity index (χ2v) is 7.15. The van der Waals surface area contributed by atoms with E-state index in [0.29, 0.717) is 17.6 Å². The predicted octanol–water partition coefficient (Wildman–Crippen LogP) is 2.33. The summed E-state index contributed by atoms with van der Waals surface area (Å²) < 4.78 is 0. The van der Waals surface area contributed by atoms with Crippen LogP contribution >= 0.6 is 0 Å². The van der Waals surface area contributed by atoms with Crippen molar-refractivity contribution in [1.29, 1.82) is 0 Å². The molecule has 2 aliphatic carbocycles. The molecule has 2 fully saturated rings. The molecule has 1 N–H and O–H groups in total. The van der Waals surface area contributed by atoms with E-state index in [1.165, 1.54) is 0 Å². The van der Waals surface area contributed by atoms with Crippen LogP contribution in [0.3, 0.4) is 0 Å². The Labute approximate surface area is 117 Å². The number of hydrogen-bond acceptors (Lipinski definition) is 3. The van der Waals surface area contributed by atoms with E-state index in [-0.39, 0.29) is 12.0 Å². The molecule has 19 heavy (non-hydrogen) atoms. The summed E-state index contributed by atoms with van der Waals surface area (Å²) in [6.07, 6.45) is 4.76. The van der Waals surface area contributed by atoms with Crippen molar-refractivity contribution in [3.63, 3.8) is 0 Å². The fourth-order valence-electron chi connectivity index (χ4n) is 3.67. The summed E-state index contributed by atoms with van der Waals surface area (Å²) in [7, 11) is 2.12. The molecule has 3 nitrogen and oxygen atoms in total. The molecule has 0 aromatic rings. The topological polar surface area (TPSA) is 40.5 Å². The largest absolute Gasteiger partial charge is 0.393 e. The first-order valence-corrected chi connectivity index (χ1v) is 7.85. The van der Waals surface area contributed by atoms with Gasteiger partial charge in [-0.2, -0.15) is 0 Å². The molecule has 0 aromatic carbocycles. The average Bonchev–Trinajstić information content (AvgIpc) is 2.29. The van der Waals surface area contributed by atoms with Crippen molar-refractivity contribution < 1.29 is 9.90 Å². The van der Waals surface area contributed by atoms with Gasteiger partial charge in [0, 0.05) is 25.4 Å². The second kappa shape index (κ2) is 6.36. The highest BCUT2D eigenvalue weighted by Gasteiger charge is 2.32. The number of carbonyl (C=O) groups is 1. The molecule has 0 spiro atoms. The maximum Gasteiger partial charge on any atom is 0.137 e. The third-order valence-electron chi connectivity index (χ3n) is 5.06. The number of carbonyl (C=O) groups excluding carboxylic acids is 1. The molecule has 2 atom stereocenters. The Morgan fingerprint density at radius 1 is 1.26 bits per heavy atom. The van der Waals surface area contributed by atoms with Gasteiger partial charge in [-0.1, -0.05) is 13.8 Å². The van der Waals surface area contributed by atoms with Crippen LogP contribution in [0, 0.1) is 23.7 Å². The standard InChI is InChI=1S/C16H29NO2/c1-11(2)13-4-5-16(19)14(8-13)10-17(3)9-12-6-15(18)7-12/h11-15,18H,4-10H2,1-3H3. The summed E-state index contributed by atoms with van der Waals surface area (Å²) >= 11 is 0. The zero-order valence-corrected chi connectivity index (χ0v) is 12.6. The lowest BCUT2D eigenvalue weighted by Crippen LogP contribution is -2.41. The quantitative estimate of drug-likeness (QED) is 0.831. The van der Waals surface area contributed by atoms with Gasteiger partial charge in [-0.05, 0) is 50.5 Å². The number of nitrogens with zero attached hydrogens (tertiary/aromatic N) is 1. The molecular formula is C16H29NO2. The van der Waals surface area contributed by atoms with Crippen LogP contribution in [0.25, 0.3) is 0 Å². The number of ketones is 1. The van der Waals surface area contributed by atoms with Crippen molar-refractivity contribution in [2.45, 2.75) is 52.1 Å². The minimum Gasteiger partial charge on any atom is -0.393 e. The molecule has 0 bridgehead atoms. The lowest BCUT2D eigenvalue weighted by molar-refractivity contribution is -0.126. The van der Waals surface area contributed by atoms with Crippen LogP contribution in [0.1, 0.15) is 46.0 Å². The number of aliphatic hydroxyl groups is 1. The normalized spacial score (nSPS) is 35.8. The van der Waals surface area contributed by atoms with Crippen LogP contribution in [0.15, 0.2) is 0 Å². The SMILES string of the molecule is CC(C)C1CCC(=O)C(CN(C)CC2CC(O)C2)C1.